The Hall–Kier alpha value is -1.78. The van der Waals surface area contributed by atoms with Crippen molar-refractivity contribution in [2.24, 2.45) is 0 Å². The Bertz CT molecular complexity index is 664. The summed E-state index contributed by atoms with van der Waals surface area (Å²) in [4.78, 5) is 0.805. The highest BCUT2D eigenvalue weighted by Crippen LogP contribution is 2.24. The highest BCUT2D eigenvalue weighted by molar-refractivity contribution is 8.03. The highest BCUT2D eigenvalue weighted by Gasteiger charge is 2.06. The number of ether oxygens (including phenoxy) is 1. The van der Waals surface area contributed by atoms with Crippen LogP contribution in [0.25, 0.3) is 0 Å². The second kappa shape index (κ2) is 8.75. The fourth-order valence-electron chi connectivity index (χ4n) is 1.97. The molecule has 0 spiro atoms. The van der Waals surface area contributed by atoms with E-state index in [1.54, 1.807) is 18.9 Å². The van der Waals surface area contributed by atoms with Gasteiger partial charge in [-0.25, -0.2) is 0 Å². The van der Waals surface area contributed by atoms with Crippen molar-refractivity contribution >= 4 is 34.5 Å². The fourth-order valence-corrected chi connectivity index (χ4v) is 3.17. The third-order valence-corrected chi connectivity index (χ3v) is 4.34. The quantitative estimate of drug-likeness (QED) is 0.406. The number of allylic oxidation sites excluding steroid dienone is 1. The monoisotopic (exact) mass is 343 g/mol. The molecule has 2 nitrogen and oxygen atoms in total. The first kappa shape index (κ1) is 17.6. The van der Waals surface area contributed by atoms with E-state index >= 15 is 0 Å². The molecule has 23 heavy (non-hydrogen) atoms. The van der Waals surface area contributed by atoms with Gasteiger partial charge in [0.15, 0.2) is 0 Å². The molecule has 1 N–H and O–H groups in total. The molecule has 0 radical (unpaired) electrons. The Morgan fingerprint density at radius 1 is 1.09 bits per heavy atom. The van der Waals surface area contributed by atoms with Crippen molar-refractivity contribution in [3.8, 4) is 5.75 Å². The van der Waals surface area contributed by atoms with Crippen LogP contribution in [0.5, 0.6) is 5.75 Å². The molecule has 0 heterocycles. The minimum atomic E-state index is 0.469. The minimum Gasteiger partial charge on any atom is -0.497 e. The van der Waals surface area contributed by atoms with Gasteiger partial charge in [-0.3, -0.25) is 0 Å². The molecule has 2 rings (SSSR count). The van der Waals surface area contributed by atoms with Crippen LogP contribution >= 0.6 is 24.0 Å². The largest absolute Gasteiger partial charge is 0.497 e. The lowest BCUT2D eigenvalue weighted by Crippen LogP contribution is -2.03. The third-order valence-electron chi connectivity index (χ3n) is 3.04. The molecule has 120 valence electrons. The van der Waals surface area contributed by atoms with Gasteiger partial charge in [-0.2, -0.15) is 0 Å². The number of rotatable bonds is 7. The average Bonchev–Trinajstić information content (AvgIpc) is 2.55. The third kappa shape index (κ3) is 5.73. The van der Waals surface area contributed by atoms with E-state index in [0.717, 1.165) is 26.9 Å². The molecule has 0 aromatic heterocycles. The maximum absolute atomic E-state index is 5.57. The van der Waals surface area contributed by atoms with Crippen LogP contribution in [0, 0.1) is 0 Å². The zero-order valence-corrected chi connectivity index (χ0v) is 15.2. The first-order valence-electron chi connectivity index (χ1n) is 7.47. The van der Waals surface area contributed by atoms with Crippen LogP contribution < -0.4 is 10.1 Å². The van der Waals surface area contributed by atoms with E-state index in [0.29, 0.717) is 5.25 Å². The van der Waals surface area contributed by atoms with E-state index in [2.05, 4.69) is 19.2 Å². The van der Waals surface area contributed by atoms with Crippen molar-refractivity contribution < 1.29 is 4.74 Å². The summed E-state index contributed by atoms with van der Waals surface area (Å²) >= 11 is 7.34. The van der Waals surface area contributed by atoms with E-state index in [-0.39, 0.29) is 0 Å². The van der Waals surface area contributed by atoms with Crippen LogP contribution in [0.15, 0.2) is 65.7 Å². The molecule has 0 saturated carbocycles. The molecule has 0 atom stereocenters. The summed E-state index contributed by atoms with van der Waals surface area (Å²) in [6, 6.07) is 18.0. The van der Waals surface area contributed by atoms with Crippen molar-refractivity contribution in [2.45, 2.75) is 19.1 Å². The summed E-state index contributed by atoms with van der Waals surface area (Å²) in [5.41, 5.74) is 2.07. The van der Waals surface area contributed by atoms with Gasteiger partial charge in [-0.1, -0.05) is 44.3 Å². The molecule has 2 aromatic rings. The Kier molecular flexibility index (Phi) is 6.68. The molecule has 0 saturated heterocycles. The fraction of sp³-hybridized carbons (Fsp3) is 0.211. The summed E-state index contributed by atoms with van der Waals surface area (Å²) in [5, 5.41) is 4.96. The number of methoxy groups -OCH3 is 1. The van der Waals surface area contributed by atoms with Crippen molar-refractivity contribution in [1.29, 1.82) is 0 Å². The van der Waals surface area contributed by atoms with Crippen LogP contribution in [-0.4, -0.2) is 17.2 Å². The zero-order valence-electron chi connectivity index (χ0n) is 13.6. The van der Waals surface area contributed by atoms with E-state index in [1.807, 2.05) is 60.7 Å². The Balaban J connectivity index is 2.18. The smallest absolute Gasteiger partial charge is 0.118 e. The molecule has 0 fully saturated rings. The van der Waals surface area contributed by atoms with Gasteiger partial charge in [0.25, 0.3) is 0 Å². The molecule has 0 unspecified atom stereocenters. The van der Waals surface area contributed by atoms with E-state index < -0.39 is 0 Å². The first-order chi connectivity index (χ1) is 11.1. The molecule has 2 aromatic carbocycles. The van der Waals surface area contributed by atoms with Gasteiger partial charge >= 0.3 is 0 Å². The minimum absolute atomic E-state index is 0.469. The lowest BCUT2D eigenvalue weighted by Gasteiger charge is -2.13. The summed E-state index contributed by atoms with van der Waals surface area (Å²) < 4.78 is 5.19. The summed E-state index contributed by atoms with van der Waals surface area (Å²) in [7, 11) is 1.66. The average molecular weight is 344 g/mol. The van der Waals surface area contributed by atoms with Crippen molar-refractivity contribution in [3.05, 3.63) is 71.3 Å². The Morgan fingerprint density at radius 2 is 1.74 bits per heavy atom. The normalized spacial score (nSPS) is 11.4. The lowest BCUT2D eigenvalue weighted by atomic mass is 10.1. The van der Waals surface area contributed by atoms with Gasteiger partial charge in [-0.15, -0.1) is 11.8 Å². The van der Waals surface area contributed by atoms with Crippen molar-refractivity contribution in [1.82, 2.24) is 0 Å². The SMILES string of the molecule is COc1ccc(C(=S)/C=C(\Nc2ccccc2)SC(C)C)cc1. The molecular formula is C19H21NOS2. The van der Waals surface area contributed by atoms with Crippen molar-refractivity contribution in [2.75, 3.05) is 12.4 Å². The number of benzene rings is 2. The van der Waals surface area contributed by atoms with Crippen LogP contribution in [0.2, 0.25) is 0 Å². The van der Waals surface area contributed by atoms with E-state index in [9.17, 15) is 0 Å². The van der Waals surface area contributed by atoms with E-state index in [1.165, 1.54) is 0 Å². The molecule has 0 aliphatic carbocycles. The number of hydrogen-bond donors (Lipinski definition) is 1. The van der Waals surface area contributed by atoms with Gasteiger partial charge < -0.3 is 10.1 Å². The Labute approximate surface area is 147 Å². The first-order valence-corrected chi connectivity index (χ1v) is 8.76. The zero-order chi connectivity index (χ0) is 16.7. The topological polar surface area (TPSA) is 21.3 Å². The molecule has 0 amide bonds. The van der Waals surface area contributed by atoms with Gasteiger partial charge in [0.05, 0.1) is 12.1 Å². The van der Waals surface area contributed by atoms with Gasteiger partial charge in [0, 0.05) is 15.8 Å². The molecule has 0 bridgehead atoms. The molecule has 4 heteroatoms. The van der Waals surface area contributed by atoms with Gasteiger partial charge in [0.2, 0.25) is 0 Å². The predicted octanol–water partition coefficient (Wildman–Crippen LogP) is 5.51. The number of para-hydroxylation sites is 1. The maximum atomic E-state index is 5.57. The van der Waals surface area contributed by atoms with Crippen LogP contribution in [0.4, 0.5) is 5.69 Å². The molecule has 0 aliphatic rings. The predicted molar refractivity (Wildman–Crippen MR) is 106 cm³/mol. The maximum Gasteiger partial charge on any atom is 0.118 e. The summed E-state index contributed by atoms with van der Waals surface area (Å²) in [5.74, 6) is 0.833. The second-order valence-corrected chi connectivity index (χ2v) is 7.32. The highest BCUT2D eigenvalue weighted by atomic mass is 32.2. The van der Waals surface area contributed by atoms with E-state index in [4.69, 9.17) is 17.0 Å². The second-order valence-electron chi connectivity index (χ2n) is 5.26. The number of thiocarbonyl (C=S) groups is 1. The van der Waals surface area contributed by atoms with Crippen LogP contribution in [0.3, 0.4) is 0 Å². The number of anilines is 1. The summed E-state index contributed by atoms with van der Waals surface area (Å²) in [6.45, 7) is 4.34. The lowest BCUT2D eigenvalue weighted by molar-refractivity contribution is 0.415. The Morgan fingerprint density at radius 3 is 2.30 bits per heavy atom. The standard InChI is InChI=1S/C19H21NOS2/c1-14(2)23-19(20-16-7-5-4-6-8-16)13-18(22)15-9-11-17(21-3)12-10-15/h4-14,20H,1-3H3/b19-13+. The van der Waals surface area contributed by atoms with Gasteiger partial charge in [-0.05, 0) is 48.0 Å². The molecular weight excluding hydrogens is 322 g/mol. The van der Waals surface area contributed by atoms with Crippen LogP contribution in [-0.2, 0) is 0 Å². The number of thioether (sulfide) groups is 1. The number of nitrogens with one attached hydrogen (secondary N) is 1. The van der Waals surface area contributed by atoms with Crippen molar-refractivity contribution in [3.63, 3.8) is 0 Å². The molecule has 0 aliphatic heterocycles. The van der Waals surface area contributed by atoms with Gasteiger partial charge in [0.1, 0.15) is 5.75 Å². The summed E-state index contributed by atoms with van der Waals surface area (Å²) in [6.07, 6.45) is 2.02. The van der Waals surface area contributed by atoms with Crippen LogP contribution in [0.1, 0.15) is 19.4 Å². The number of hydrogen-bond acceptors (Lipinski definition) is 4.